The summed E-state index contributed by atoms with van der Waals surface area (Å²) in [6.07, 6.45) is 4.03. The number of ether oxygens (including phenoxy) is 4. The van der Waals surface area contributed by atoms with Crippen LogP contribution in [-0.4, -0.2) is 45.8 Å². The summed E-state index contributed by atoms with van der Waals surface area (Å²) in [5.41, 5.74) is 0.218. The molecule has 0 heterocycles. The number of carbonyl (C=O) groups is 3. The summed E-state index contributed by atoms with van der Waals surface area (Å²) in [6, 6.07) is 6.76. The molecule has 0 amide bonds. The van der Waals surface area contributed by atoms with Gasteiger partial charge in [0.1, 0.15) is 17.9 Å². The summed E-state index contributed by atoms with van der Waals surface area (Å²) < 4.78 is 19.1. The number of benzene rings is 1. The highest BCUT2D eigenvalue weighted by molar-refractivity contribution is 6.17. The number of carbonyl (C=O) groups excluding carboxylic acids is 3. The number of esters is 3. The minimum absolute atomic E-state index is 0.103. The number of rotatable bonds is 7. The number of hydrogen-bond donors (Lipinski definition) is 0. The standard InChI is InChI=1S/C17H18O7/c1-21-15(18)9-6-10-24-14-8-5-4-7-12(14)11-13(16(19)22-2)17(20)23-3/h4-9,11H,10H2,1-3H3/b9-6+. The molecule has 0 unspecified atom stereocenters. The predicted octanol–water partition coefficient (Wildman–Crippen LogP) is 1.52. The van der Waals surface area contributed by atoms with E-state index in [4.69, 9.17) is 4.74 Å². The molecule has 1 rings (SSSR count). The van der Waals surface area contributed by atoms with Crippen molar-refractivity contribution in [2.75, 3.05) is 27.9 Å². The van der Waals surface area contributed by atoms with Crippen molar-refractivity contribution in [3.8, 4) is 5.75 Å². The zero-order valence-corrected chi connectivity index (χ0v) is 13.6. The maximum Gasteiger partial charge on any atom is 0.345 e. The van der Waals surface area contributed by atoms with Crippen LogP contribution < -0.4 is 4.74 Å². The van der Waals surface area contributed by atoms with Gasteiger partial charge in [-0.1, -0.05) is 18.2 Å². The van der Waals surface area contributed by atoms with E-state index in [1.807, 2.05) is 0 Å². The monoisotopic (exact) mass is 334 g/mol. The van der Waals surface area contributed by atoms with Gasteiger partial charge in [-0.25, -0.2) is 14.4 Å². The van der Waals surface area contributed by atoms with Crippen molar-refractivity contribution in [3.63, 3.8) is 0 Å². The molecule has 0 radical (unpaired) electrons. The Morgan fingerprint density at radius 3 is 2.17 bits per heavy atom. The van der Waals surface area contributed by atoms with Crippen LogP contribution in [0.1, 0.15) is 5.56 Å². The first-order valence-electron chi connectivity index (χ1n) is 6.88. The Hall–Kier alpha value is -3.09. The molecule has 0 atom stereocenters. The van der Waals surface area contributed by atoms with Crippen molar-refractivity contribution >= 4 is 24.0 Å². The molecular formula is C17H18O7. The van der Waals surface area contributed by atoms with Crippen molar-refractivity contribution in [1.29, 1.82) is 0 Å². The lowest BCUT2D eigenvalue weighted by molar-refractivity contribution is -0.144. The fourth-order valence-electron chi connectivity index (χ4n) is 1.66. The molecule has 0 bridgehead atoms. The van der Waals surface area contributed by atoms with E-state index in [0.717, 1.165) is 0 Å². The summed E-state index contributed by atoms with van der Waals surface area (Å²) in [5.74, 6) is -1.72. The second-order valence-corrected chi connectivity index (χ2v) is 4.32. The van der Waals surface area contributed by atoms with E-state index in [1.54, 1.807) is 24.3 Å². The fourth-order valence-corrected chi connectivity index (χ4v) is 1.66. The van der Waals surface area contributed by atoms with E-state index < -0.39 is 17.9 Å². The van der Waals surface area contributed by atoms with Gasteiger partial charge in [0, 0.05) is 11.6 Å². The summed E-state index contributed by atoms with van der Waals surface area (Å²) in [4.78, 5) is 34.4. The van der Waals surface area contributed by atoms with E-state index in [9.17, 15) is 14.4 Å². The number of para-hydroxylation sites is 1. The molecule has 0 aromatic heterocycles. The Balaban J connectivity index is 3.01. The quantitative estimate of drug-likeness (QED) is 0.246. The smallest absolute Gasteiger partial charge is 0.345 e. The van der Waals surface area contributed by atoms with Gasteiger partial charge in [-0.05, 0) is 18.2 Å². The van der Waals surface area contributed by atoms with Crippen molar-refractivity contribution < 1.29 is 33.3 Å². The van der Waals surface area contributed by atoms with Gasteiger partial charge in [0.05, 0.1) is 21.3 Å². The molecule has 1 aromatic carbocycles. The number of methoxy groups -OCH3 is 3. The normalized spacial score (nSPS) is 9.96. The molecule has 7 heteroatoms. The average molecular weight is 334 g/mol. The Bertz CT molecular complexity index is 641. The van der Waals surface area contributed by atoms with Crippen molar-refractivity contribution in [2.45, 2.75) is 0 Å². The minimum Gasteiger partial charge on any atom is -0.489 e. The third-order valence-corrected chi connectivity index (χ3v) is 2.82. The van der Waals surface area contributed by atoms with Gasteiger partial charge in [-0.2, -0.15) is 0 Å². The maximum atomic E-state index is 11.7. The lowest BCUT2D eigenvalue weighted by atomic mass is 10.1. The van der Waals surface area contributed by atoms with Gasteiger partial charge < -0.3 is 18.9 Å². The number of hydrogen-bond acceptors (Lipinski definition) is 7. The molecule has 0 saturated carbocycles. The molecule has 0 aliphatic heterocycles. The molecule has 0 aliphatic carbocycles. The van der Waals surface area contributed by atoms with Gasteiger partial charge in [0.15, 0.2) is 0 Å². The third kappa shape index (κ3) is 5.60. The second-order valence-electron chi connectivity index (χ2n) is 4.32. The van der Waals surface area contributed by atoms with E-state index >= 15 is 0 Å². The largest absolute Gasteiger partial charge is 0.489 e. The predicted molar refractivity (Wildman–Crippen MR) is 85.1 cm³/mol. The van der Waals surface area contributed by atoms with Gasteiger partial charge in [0.25, 0.3) is 0 Å². The summed E-state index contributed by atoms with van der Waals surface area (Å²) in [6.45, 7) is 0.103. The molecule has 0 saturated heterocycles. The zero-order chi connectivity index (χ0) is 17.9. The van der Waals surface area contributed by atoms with E-state index in [0.29, 0.717) is 11.3 Å². The molecule has 7 nitrogen and oxygen atoms in total. The molecular weight excluding hydrogens is 316 g/mol. The van der Waals surface area contributed by atoms with Gasteiger partial charge in [-0.15, -0.1) is 0 Å². The molecule has 0 aliphatic rings. The van der Waals surface area contributed by atoms with Crippen LogP contribution in [0.4, 0.5) is 0 Å². The first kappa shape index (κ1) is 19.0. The second kappa shape index (κ2) is 9.83. The highest BCUT2D eigenvalue weighted by atomic mass is 16.5. The van der Waals surface area contributed by atoms with Crippen LogP contribution in [-0.2, 0) is 28.6 Å². The molecule has 24 heavy (non-hydrogen) atoms. The molecule has 0 fully saturated rings. The highest BCUT2D eigenvalue weighted by Gasteiger charge is 2.20. The van der Waals surface area contributed by atoms with Crippen LogP contribution in [0.5, 0.6) is 5.75 Å². The van der Waals surface area contributed by atoms with Gasteiger partial charge in [-0.3, -0.25) is 0 Å². The first-order valence-corrected chi connectivity index (χ1v) is 6.88. The van der Waals surface area contributed by atoms with Crippen LogP contribution >= 0.6 is 0 Å². The summed E-state index contributed by atoms with van der Waals surface area (Å²) in [5, 5.41) is 0. The van der Waals surface area contributed by atoms with Crippen LogP contribution in [0.15, 0.2) is 42.0 Å². The Labute approximate surface area is 139 Å². The van der Waals surface area contributed by atoms with Crippen molar-refractivity contribution in [1.82, 2.24) is 0 Å². The first-order chi connectivity index (χ1) is 11.5. The molecule has 1 aromatic rings. The van der Waals surface area contributed by atoms with Crippen LogP contribution in [0, 0.1) is 0 Å². The fraction of sp³-hybridized carbons (Fsp3) is 0.235. The zero-order valence-electron chi connectivity index (χ0n) is 13.6. The summed E-state index contributed by atoms with van der Waals surface area (Å²) >= 11 is 0. The maximum absolute atomic E-state index is 11.7. The Kier molecular flexibility index (Phi) is 7.77. The molecule has 128 valence electrons. The summed E-state index contributed by atoms with van der Waals surface area (Å²) in [7, 11) is 3.60. The minimum atomic E-state index is -0.817. The van der Waals surface area contributed by atoms with E-state index in [1.165, 1.54) is 39.6 Å². The average Bonchev–Trinajstić information content (AvgIpc) is 2.62. The lowest BCUT2D eigenvalue weighted by Gasteiger charge is -2.08. The third-order valence-electron chi connectivity index (χ3n) is 2.82. The van der Waals surface area contributed by atoms with E-state index in [2.05, 4.69) is 14.2 Å². The van der Waals surface area contributed by atoms with Gasteiger partial charge in [0.2, 0.25) is 0 Å². The van der Waals surface area contributed by atoms with Crippen molar-refractivity contribution in [2.24, 2.45) is 0 Å². The van der Waals surface area contributed by atoms with Crippen LogP contribution in [0.3, 0.4) is 0 Å². The molecule has 0 spiro atoms. The van der Waals surface area contributed by atoms with Gasteiger partial charge >= 0.3 is 17.9 Å². The Morgan fingerprint density at radius 1 is 0.958 bits per heavy atom. The Morgan fingerprint density at radius 2 is 1.58 bits per heavy atom. The van der Waals surface area contributed by atoms with E-state index in [-0.39, 0.29) is 12.2 Å². The SMILES string of the molecule is COC(=O)/C=C/COc1ccccc1C=C(C(=O)OC)C(=O)OC. The lowest BCUT2D eigenvalue weighted by Crippen LogP contribution is -2.15. The highest BCUT2D eigenvalue weighted by Crippen LogP contribution is 2.22. The van der Waals surface area contributed by atoms with Crippen LogP contribution in [0.2, 0.25) is 0 Å². The topological polar surface area (TPSA) is 88.1 Å². The van der Waals surface area contributed by atoms with Crippen molar-refractivity contribution in [3.05, 3.63) is 47.6 Å². The molecule has 0 N–H and O–H groups in total. The van der Waals surface area contributed by atoms with Crippen LogP contribution in [0.25, 0.3) is 6.08 Å².